The van der Waals surface area contributed by atoms with Gasteiger partial charge in [0.2, 0.25) is 0 Å². The van der Waals surface area contributed by atoms with Crippen molar-refractivity contribution in [3.05, 3.63) is 46.7 Å². The van der Waals surface area contributed by atoms with Crippen molar-refractivity contribution in [2.75, 3.05) is 18.5 Å². The van der Waals surface area contributed by atoms with Gasteiger partial charge in [-0.15, -0.1) is 0 Å². The number of aromatic nitrogens is 1. The molecule has 0 spiro atoms. The SMILES string of the molecule is CC(Nc1cc2c(cc1Br)OCCO2)c1ccncc1. The molecule has 0 amide bonds. The van der Waals surface area contributed by atoms with E-state index in [0.717, 1.165) is 21.7 Å². The first-order valence-electron chi connectivity index (χ1n) is 6.49. The molecule has 2 heterocycles. The Morgan fingerprint density at radius 2 is 1.80 bits per heavy atom. The minimum Gasteiger partial charge on any atom is -0.486 e. The molecule has 0 saturated heterocycles. The Bertz CT molecular complexity index is 604. The highest BCUT2D eigenvalue weighted by Gasteiger charge is 2.16. The molecule has 5 heteroatoms. The number of pyridine rings is 1. The third kappa shape index (κ3) is 2.72. The number of ether oxygens (including phenoxy) is 2. The van der Waals surface area contributed by atoms with Gasteiger partial charge in [0.1, 0.15) is 13.2 Å². The number of hydrogen-bond donors (Lipinski definition) is 1. The van der Waals surface area contributed by atoms with Crippen LogP contribution in [0.15, 0.2) is 41.1 Å². The lowest BCUT2D eigenvalue weighted by atomic mass is 10.1. The molecule has 4 nitrogen and oxygen atoms in total. The zero-order valence-electron chi connectivity index (χ0n) is 11.1. The van der Waals surface area contributed by atoms with E-state index in [0.29, 0.717) is 13.2 Å². The fourth-order valence-corrected chi connectivity index (χ4v) is 2.58. The quantitative estimate of drug-likeness (QED) is 0.927. The van der Waals surface area contributed by atoms with Crippen LogP contribution < -0.4 is 14.8 Å². The van der Waals surface area contributed by atoms with Crippen molar-refractivity contribution in [1.29, 1.82) is 0 Å². The van der Waals surface area contributed by atoms with E-state index in [2.05, 4.69) is 33.2 Å². The lowest BCUT2D eigenvalue weighted by molar-refractivity contribution is 0.171. The first kappa shape index (κ1) is 13.2. The van der Waals surface area contributed by atoms with Gasteiger partial charge in [-0.05, 0) is 40.5 Å². The lowest BCUT2D eigenvalue weighted by Crippen LogP contribution is -2.16. The van der Waals surface area contributed by atoms with Crippen molar-refractivity contribution in [3.63, 3.8) is 0 Å². The Labute approximate surface area is 126 Å². The highest BCUT2D eigenvalue weighted by Crippen LogP contribution is 2.39. The molecule has 0 bridgehead atoms. The first-order valence-corrected chi connectivity index (χ1v) is 7.29. The standard InChI is InChI=1S/C15H15BrN2O2/c1-10(11-2-4-17-5-3-11)18-13-9-15-14(8-12(13)16)19-6-7-20-15/h2-5,8-10,18H,6-7H2,1H3. The van der Waals surface area contributed by atoms with Gasteiger partial charge >= 0.3 is 0 Å². The molecular formula is C15H15BrN2O2. The van der Waals surface area contributed by atoms with Gasteiger partial charge < -0.3 is 14.8 Å². The number of nitrogens with one attached hydrogen (secondary N) is 1. The molecule has 20 heavy (non-hydrogen) atoms. The number of halogens is 1. The molecule has 0 fully saturated rings. The Balaban J connectivity index is 1.84. The third-order valence-electron chi connectivity index (χ3n) is 3.21. The molecule has 1 N–H and O–H groups in total. The molecule has 0 aliphatic carbocycles. The molecule has 0 radical (unpaired) electrons. The van der Waals surface area contributed by atoms with E-state index < -0.39 is 0 Å². The number of fused-ring (bicyclic) bond motifs is 1. The van der Waals surface area contributed by atoms with E-state index in [1.165, 1.54) is 5.56 Å². The van der Waals surface area contributed by atoms with Crippen LogP contribution in [-0.4, -0.2) is 18.2 Å². The van der Waals surface area contributed by atoms with Gasteiger partial charge in [0.15, 0.2) is 11.5 Å². The van der Waals surface area contributed by atoms with Crippen LogP contribution in [0.2, 0.25) is 0 Å². The second-order valence-corrected chi connectivity index (χ2v) is 5.48. The van der Waals surface area contributed by atoms with Crippen molar-refractivity contribution in [2.45, 2.75) is 13.0 Å². The predicted octanol–water partition coefficient (Wildman–Crippen LogP) is 3.79. The minimum absolute atomic E-state index is 0.178. The van der Waals surface area contributed by atoms with Crippen molar-refractivity contribution in [1.82, 2.24) is 4.98 Å². The van der Waals surface area contributed by atoms with E-state index in [-0.39, 0.29) is 6.04 Å². The third-order valence-corrected chi connectivity index (χ3v) is 3.87. The summed E-state index contributed by atoms with van der Waals surface area (Å²) in [5.41, 5.74) is 2.17. The summed E-state index contributed by atoms with van der Waals surface area (Å²) in [6, 6.07) is 8.09. The molecule has 2 aromatic rings. The summed E-state index contributed by atoms with van der Waals surface area (Å²) in [4.78, 5) is 4.04. The smallest absolute Gasteiger partial charge is 0.163 e. The van der Waals surface area contributed by atoms with Crippen molar-refractivity contribution < 1.29 is 9.47 Å². The average Bonchev–Trinajstić information content (AvgIpc) is 2.49. The number of rotatable bonds is 3. The van der Waals surface area contributed by atoms with Crippen molar-refractivity contribution >= 4 is 21.6 Å². The number of nitrogens with zero attached hydrogens (tertiary/aromatic N) is 1. The van der Waals surface area contributed by atoms with Crippen LogP contribution in [0.5, 0.6) is 11.5 Å². The molecular weight excluding hydrogens is 320 g/mol. The molecule has 3 rings (SSSR count). The monoisotopic (exact) mass is 334 g/mol. The molecule has 1 aliphatic rings. The fraction of sp³-hybridized carbons (Fsp3) is 0.267. The minimum atomic E-state index is 0.178. The maximum atomic E-state index is 5.61. The molecule has 1 aromatic carbocycles. The van der Waals surface area contributed by atoms with Gasteiger partial charge in [0.05, 0.1) is 5.69 Å². The van der Waals surface area contributed by atoms with Crippen LogP contribution in [-0.2, 0) is 0 Å². The van der Waals surface area contributed by atoms with E-state index >= 15 is 0 Å². The van der Waals surface area contributed by atoms with E-state index in [9.17, 15) is 0 Å². The second kappa shape index (κ2) is 5.71. The largest absolute Gasteiger partial charge is 0.486 e. The highest BCUT2D eigenvalue weighted by molar-refractivity contribution is 9.10. The Morgan fingerprint density at radius 3 is 2.50 bits per heavy atom. The molecule has 1 atom stereocenters. The van der Waals surface area contributed by atoms with Crippen LogP contribution in [0.3, 0.4) is 0 Å². The van der Waals surface area contributed by atoms with Gasteiger partial charge in [-0.2, -0.15) is 0 Å². The van der Waals surface area contributed by atoms with Gasteiger partial charge in [0, 0.05) is 35.0 Å². The molecule has 104 valence electrons. The highest BCUT2D eigenvalue weighted by atomic mass is 79.9. The maximum absolute atomic E-state index is 5.61. The summed E-state index contributed by atoms with van der Waals surface area (Å²) >= 11 is 3.57. The van der Waals surface area contributed by atoms with Crippen LogP contribution in [0.4, 0.5) is 5.69 Å². The van der Waals surface area contributed by atoms with E-state index in [1.54, 1.807) is 12.4 Å². The van der Waals surface area contributed by atoms with Gasteiger partial charge in [-0.3, -0.25) is 4.98 Å². The normalized spacial score (nSPS) is 14.7. The number of anilines is 1. The first-order chi connectivity index (χ1) is 9.74. The van der Waals surface area contributed by atoms with E-state index in [4.69, 9.17) is 9.47 Å². The van der Waals surface area contributed by atoms with Crippen LogP contribution >= 0.6 is 15.9 Å². The Hall–Kier alpha value is -1.75. The van der Waals surface area contributed by atoms with Gasteiger partial charge in [-0.1, -0.05) is 0 Å². The number of hydrogen-bond acceptors (Lipinski definition) is 4. The van der Waals surface area contributed by atoms with Crippen LogP contribution in [0, 0.1) is 0 Å². The molecule has 1 unspecified atom stereocenters. The topological polar surface area (TPSA) is 43.4 Å². The second-order valence-electron chi connectivity index (χ2n) is 4.62. The zero-order valence-corrected chi connectivity index (χ0v) is 12.7. The Kier molecular flexibility index (Phi) is 3.78. The Morgan fingerprint density at radius 1 is 1.15 bits per heavy atom. The van der Waals surface area contributed by atoms with Gasteiger partial charge in [-0.25, -0.2) is 0 Å². The molecule has 0 saturated carbocycles. The molecule has 1 aromatic heterocycles. The zero-order chi connectivity index (χ0) is 13.9. The summed E-state index contributed by atoms with van der Waals surface area (Å²) < 4.78 is 12.1. The number of benzene rings is 1. The van der Waals surface area contributed by atoms with Crippen LogP contribution in [0.1, 0.15) is 18.5 Å². The summed E-state index contributed by atoms with van der Waals surface area (Å²) in [6.07, 6.45) is 3.60. The van der Waals surface area contributed by atoms with Crippen molar-refractivity contribution in [2.24, 2.45) is 0 Å². The predicted molar refractivity (Wildman–Crippen MR) is 81.4 cm³/mol. The summed E-state index contributed by atoms with van der Waals surface area (Å²) in [5.74, 6) is 1.56. The van der Waals surface area contributed by atoms with E-state index in [1.807, 2.05) is 24.3 Å². The van der Waals surface area contributed by atoms with Gasteiger partial charge in [0.25, 0.3) is 0 Å². The maximum Gasteiger partial charge on any atom is 0.163 e. The molecule has 1 aliphatic heterocycles. The lowest BCUT2D eigenvalue weighted by Gasteiger charge is -2.22. The summed E-state index contributed by atoms with van der Waals surface area (Å²) in [7, 11) is 0. The average molecular weight is 335 g/mol. The van der Waals surface area contributed by atoms with Crippen LogP contribution in [0.25, 0.3) is 0 Å². The fourth-order valence-electron chi connectivity index (χ4n) is 2.14. The summed E-state index contributed by atoms with van der Waals surface area (Å²) in [5, 5.41) is 3.47. The van der Waals surface area contributed by atoms with Crippen molar-refractivity contribution in [3.8, 4) is 11.5 Å². The summed E-state index contributed by atoms with van der Waals surface area (Å²) in [6.45, 7) is 3.30.